The van der Waals surface area contributed by atoms with Crippen molar-refractivity contribution in [3.63, 3.8) is 0 Å². The van der Waals surface area contributed by atoms with Gasteiger partial charge in [-0.3, -0.25) is 0 Å². The Hall–Kier alpha value is -1.27. The van der Waals surface area contributed by atoms with E-state index >= 15 is 0 Å². The van der Waals surface area contributed by atoms with Crippen molar-refractivity contribution in [1.29, 1.82) is 0 Å². The number of fused-ring (bicyclic) bond motifs is 3. The monoisotopic (exact) mass is 307 g/mol. The topological polar surface area (TPSA) is 36.0 Å². The molecule has 2 unspecified atom stereocenters. The number of H-pyrrole nitrogens is 1. The van der Waals surface area contributed by atoms with Crippen LogP contribution in [0.5, 0.6) is 0 Å². The van der Waals surface area contributed by atoms with Gasteiger partial charge in [0.2, 0.25) is 5.60 Å². The lowest BCUT2D eigenvalue weighted by molar-refractivity contribution is -0.270. The maximum absolute atomic E-state index is 13.7. The van der Waals surface area contributed by atoms with E-state index in [4.69, 9.17) is 11.6 Å². The average molecular weight is 308 g/mol. The zero-order chi connectivity index (χ0) is 14.7. The second-order valence-electron chi connectivity index (χ2n) is 4.91. The van der Waals surface area contributed by atoms with Crippen LogP contribution in [0.15, 0.2) is 18.2 Å². The Morgan fingerprint density at radius 2 is 2.05 bits per heavy atom. The third-order valence-corrected chi connectivity index (χ3v) is 4.34. The molecule has 2 nitrogen and oxygen atoms in total. The van der Waals surface area contributed by atoms with Crippen LogP contribution in [0.4, 0.5) is 17.6 Å². The number of para-hydroxylation sites is 1. The third kappa shape index (κ3) is 1.61. The molecule has 2 aromatic rings. The van der Waals surface area contributed by atoms with Crippen LogP contribution in [0.1, 0.15) is 17.7 Å². The predicted octanol–water partition coefficient (Wildman–Crippen LogP) is 3.61. The minimum absolute atomic E-state index is 0.0337. The van der Waals surface area contributed by atoms with E-state index in [1.807, 2.05) is 0 Å². The number of aromatic amines is 1. The standard InChI is InChI=1S/C13H10ClF4NO/c14-9-5-4-7-6-2-1-3-8(15)10(6)19-11(7)12(9,20)13(16,17)18/h1-3,9,19-20H,4-5H2. The molecule has 0 fully saturated rings. The van der Waals surface area contributed by atoms with E-state index in [1.54, 1.807) is 0 Å². The summed E-state index contributed by atoms with van der Waals surface area (Å²) in [4.78, 5) is 2.38. The maximum Gasteiger partial charge on any atom is 0.424 e. The highest BCUT2D eigenvalue weighted by Gasteiger charge is 2.62. The fourth-order valence-corrected chi connectivity index (χ4v) is 3.12. The highest BCUT2D eigenvalue weighted by Crippen LogP contribution is 2.50. The van der Waals surface area contributed by atoms with E-state index in [1.165, 1.54) is 12.1 Å². The number of halogens is 5. The molecule has 0 spiro atoms. The summed E-state index contributed by atoms with van der Waals surface area (Å²) in [6.45, 7) is 0. The number of aryl methyl sites for hydroxylation is 1. The zero-order valence-electron chi connectivity index (χ0n) is 10.1. The van der Waals surface area contributed by atoms with Crippen LogP contribution < -0.4 is 0 Å². The molecular weight excluding hydrogens is 298 g/mol. The van der Waals surface area contributed by atoms with Crippen LogP contribution >= 0.6 is 11.6 Å². The Bertz CT molecular complexity index is 681. The molecule has 108 valence electrons. The summed E-state index contributed by atoms with van der Waals surface area (Å²) in [6.07, 6.45) is -4.72. The smallest absolute Gasteiger partial charge is 0.374 e. The van der Waals surface area contributed by atoms with Gasteiger partial charge in [0.25, 0.3) is 0 Å². The van der Waals surface area contributed by atoms with Gasteiger partial charge in [-0.15, -0.1) is 11.6 Å². The van der Waals surface area contributed by atoms with Gasteiger partial charge in [0.1, 0.15) is 5.82 Å². The molecule has 3 rings (SSSR count). The molecule has 0 bridgehead atoms. The first-order valence-corrected chi connectivity index (χ1v) is 6.43. The van der Waals surface area contributed by atoms with Crippen LogP contribution in [-0.4, -0.2) is 21.6 Å². The second-order valence-corrected chi connectivity index (χ2v) is 5.44. The van der Waals surface area contributed by atoms with Gasteiger partial charge < -0.3 is 10.1 Å². The van der Waals surface area contributed by atoms with Crippen LogP contribution in [0.25, 0.3) is 10.9 Å². The molecule has 1 aromatic carbocycles. The number of rotatable bonds is 0. The summed E-state index contributed by atoms with van der Waals surface area (Å²) in [5.74, 6) is -0.660. The summed E-state index contributed by atoms with van der Waals surface area (Å²) in [6, 6.07) is 4.10. The van der Waals surface area contributed by atoms with E-state index in [-0.39, 0.29) is 23.9 Å². The molecule has 1 aromatic heterocycles. The Balaban J connectivity index is 2.35. The average Bonchev–Trinajstić information content (AvgIpc) is 2.74. The number of hydrogen-bond acceptors (Lipinski definition) is 1. The first kappa shape index (κ1) is 13.7. The van der Waals surface area contributed by atoms with Crippen molar-refractivity contribution in [3.05, 3.63) is 35.3 Å². The molecule has 1 aliphatic rings. The molecule has 7 heteroatoms. The highest BCUT2D eigenvalue weighted by molar-refractivity contribution is 6.21. The summed E-state index contributed by atoms with van der Waals surface area (Å²) >= 11 is 5.72. The van der Waals surface area contributed by atoms with Gasteiger partial charge in [0.05, 0.1) is 16.6 Å². The van der Waals surface area contributed by atoms with Gasteiger partial charge in [-0.1, -0.05) is 12.1 Å². The van der Waals surface area contributed by atoms with E-state index in [2.05, 4.69) is 4.98 Å². The van der Waals surface area contributed by atoms with Crippen molar-refractivity contribution in [2.75, 3.05) is 0 Å². The van der Waals surface area contributed by atoms with Gasteiger partial charge in [-0.2, -0.15) is 13.2 Å². The number of hydrogen-bond donors (Lipinski definition) is 2. The number of aliphatic hydroxyl groups is 1. The van der Waals surface area contributed by atoms with Gasteiger partial charge in [0.15, 0.2) is 0 Å². The number of nitrogens with one attached hydrogen (secondary N) is 1. The molecule has 1 heterocycles. The lowest BCUT2D eigenvalue weighted by atomic mass is 9.82. The SMILES string of the molecule is OC1(C(F)(F)F)c2[nH]c3c(F)cccc3c2CCC1Cl. The van der Waals surface area contributed by atoms with Crippen LogP contribution in [-0.2, 0) is 12.0 Å². The zero-order valence-corrected chi connectivity index (χ0v) is 10.8. The van der Waals surface area contributed by atoms with Gasteiger partial charge >= 0.3 is 6.18 Å². The molecule has 20 heavy (non-hydrogen) atoms. The molecular formula is C13H10ClF4NO. The van der Waals surface area contributed by atoms with Gasteiger partial charge in [-0.25, -0.2) is 4.39 Å². The van der Waals surface area contributed by atoms with Crippen molar-refractivity contribution in [2.45, 2.75) is 30.0 Å². The van der Waals surface area contributed by atoms with Crippen molar-refractivity contribution >= 4 is 22.5 Å². The lowest BCUT2D eigenvalue weighted by Gasteiger charge is -2.37. The normalized spacial score (nSPS) is 26.8. The first-order chi connectivity index (χ1) is 9.26. The molecule has 0 amide bonds. The summed E-state index contributed by atoms with van der Waals surface area (Å²) in [7, 11) is 0. The fourth-order valence-electron chi connectivity index (χ4n) is 2.78. The Morgan fingerprint density at radius 3 is 2.70 bits per heavy atom. The molecule has 2 N–H and O–H groups in total. The Labute approximate surface area is 116 Å². The van der Waals surface area contributed by atoms with Crippen LogP contribution in [0.2, 0.25) is 0 Å². The Morgan fingerprint density at radius 1 is 1.35 bits per heavy atom. The first-order valence-electron chi connectivity index (χ1n) is 5.99. The molecule has 0 radical (unpaired) electrons. The summed E-state index contributed by atoms with van der Waals surface area (Å²) in [5.41, 5.74) is -3.40. The quantitative estimate of drug-likeness (QED) is 0.566. The van der Waals surface area contributed by atoms with E-state index in [0.29, 0.717) is 5.39 Å². The molecule has 2 atom stereocenters. The van der Waals surface area contributed by atoms with E-state index in [9.17, 15) is 22.7 Å². The minimum atomic E-state index is -4.94. The molecule has 0 aliphatic heterocycles. The van der Waals surface area contributed by atoms with Crippen molar-refractivity contribution in [2.24, 2.45) is 0 Å². The fraction of sp³-hybridized carbons (Fsp3) is 0.385. The van der Waals surface area contributed by atoms with Gasteiger partial charge in [-0.05, 0) is 24.5 Å². The van der Waals surface area contributed by atoms with E-state index < -0.39 is 28.7 Å². The van der Waals surface area contributed by atoms with Crippen LogP contribution in [0, 0.1) is 5.82 Å². The van der Waals surface area contributed by atoms with Crippen LogP contribution in [0.3, 0.4) is 0 Å². The molecule has 0 saturated carbocycles. The number of aromatic nitrogens is 1. The molecule has 1 aliphatic carbocycles. The van der Waals surface area contributed by atoms with Gasteiger partial charge in [0, 0.05) is 5.39 Å². The summed E-state index contributed by atoms with van der Waals surface area (Å²) in [5, 5.41) is 8.95. The maximum atomic E-state index is 13.7. The van der Waals surface area contributed by atoms with Crippen molar-refractivity contribution in [3.8, 4) is 0 Å². The van der Waals surface area contributed by atoms with E-state index in [0.717, 1.165) is 6.07 Å². The lowest BCUT2D eigenvalue weighted by Crippen LogP contribution is -2.52. The third-order valence-electron chi connectivity index (χ3n) is 3.80. The minimum Gasteiger partial charge on any atom is -0.374 e. The highest BCUT2D eigenvalue weighted by atomic mass is 35.5. The Kier molecular flexibility index (Phi) is 2.82. The van der Waals surface area contributed by atoms with Crippen molar-refractivity contribution < 1.29 is 22.7 Å². The van der Waals surface area contributed by atoms with Crippen molar-refractivity contribution in [1.82, 2.24) is 4.98 Å². The predicted molar refractivity (Wildman–Crippen MR) is 66.2 cm³/mol. The number of benzene rings is 1. The summed E-state index contributed by atoms with van der Waals surface area (Å²) < 4.78 is 53.4. The molecule has 0 saturated heterocycles. The largest absolute Gasteiger partial charge is 0.424 e. The second kappa shape index (κ2) is 4.11. The number of alkyl halides is 4.